The molecule has 4 nitrogen and oxygen atoms in total. The van der Waals surface area contributed by atoms with E-state index < -0.39 is 0 Å². The van der Waals surface area contributed by atoms with Crippen LogP contribution in [-0.2, 0) is 0 Å². The lowest BCUT2D eigenvalue weighted by Crippen LogP contribution is -2.33. The van der Waals surface area contributed by atoms with Crippen LogP contribution in [0.1, 0.15) is 36.2 Å². The third-order valence-corrected chi connectivity index (χ3v) is 4.17. The second-order valence-corrected chi connectivity index (χ2v) is 5.99. The average Bonchev–Trinajstić information content (AvgIpc) is 2.88. The minimum absolute atomic E-state index is 0.0609. The van der Waals surface area contributed by atoms with E-state index in [4.69, 9.17) is 5.73 Å². The number of benzene rings is 1. The van der Waals surface area contributed by atoms with E-state index in [0.29, 0.717) is 23.2 Å². The summed E-state index contributed by atoms with van der Waals surface area (Å²) in [6, 6.07) is 6.16. The van der Waals surface area contributed by atoms with Gasteiger partial charge in [-0.25, -0.2) is 0 Å². The molecule has 2 rings (SSSR count). The first-order valence-corrected chi connectivity index (χ1v) is 7.36. The van der Waals surface area contributed by atoms with Gasteiger partial charge < -0.3 is 16.0 Å². The quantitative estimate of drug-likeness (QED) is 0.827. The third kappa shape index (κ3) is 3.31. The van der Waals surface area contributed by atoms with Crippen LogP contribution in [0.2, 0.25) is 0 Å². The van der Waals surface area contributed by atoms with Gasteiger partial charge in [-0.1, -0.05) is 12.1 Å². The second kappa shape index (κ2) is 6.27. The molecule has 1 atom stereocenters. The number of amides is 1. The molecule has 0 saturated carbocycles. The molecule has 0 radical (unpaired) electrons. The van der Waals surface area contributed by atoms with E-state index in [-0.39, 0.29) is 5.91 Å². The maximum absolute atomic E-state index is 12.2. The molecule has 0 aliphatic carbocycles. The van der Waals surface area contributed by atoms with Crippen LogP contribution in [0.4, 0.5) is 5.69 Å². The first kappa shape index (κ1) is 14.9. The Labute approximate surface area is 121 Å². The van der Waals surface area contributed by atoms with Crippen LogP contribution in [0.3, 0.4) is 0 Å². The Hall–Kier alpha value is -1.55. The molecule has 0 aromatic heterocycles. The van der Waals surface area contributed by atoms with Crippen LogP contribution in [-0.4, -0.2) is 36.5 Å². The zero-order valence-electron chi connectivity index (χ0n) is 12.6. The lowest BCUT2D eigenvalue weighted by atomic mass is 10.1. The third-order valence-electron chi connectivity index (χ3n) is 4.17. The topological polar surface area (TPSA) is 58.4 Å². The molecule has 1 aromatic rings. The Morgan fingerprint density at radius 1 is 1.50 bits per heavy atom. The van der Waals surface area contributed by atoms with Crippen LogP contribution in [0.25, 0.3) is 0 Å². The standard InChI is InChI=1S/C16H25N3O/c1-11(2)19-8-7-13(10-19)9-18-16(20)14-6-4-5-12(3)15(14)17/h4-6,11,13H,7-10,17H2,1-3H3,(H,18,20). The number of hydrogen-bond acceptors (Lipinski definition) is 3. The minimum atomic E-state index is -0.0609. The Morgan fingerprint density at radius 2 is 2.25 bits per heavy atom. The van der Waals surface area contributed by atoms with E-state index in [9.17, 15) is 4.79 Å². The second-order valence-electron chi connectivity index (χ2n) is 5.99. The van der Waals surface area contributed by atoms with Crippen LogP contribution >= 0.6 is 0 Å². The summed E-state index contributed by atoms with van der Waals surface area (Å²) >= 11 is 0. The van der Waals surface area contributed by atoms with Crippen LogP contribution < -0.4 is 11.1 Å². The molecule has 1 aromatic carbocycles. The van der Waals surface area contributed by atoms with Gasteiger partial charge in [0, 0.05) is 24.8 Å². The molecule has 1 heterocycles. The van der Waals surface area contributed by atoms with Crippen LogP contribution in [0.15, 0.2) is 18.2 Å². The number of hydrogen-bond donors (Lipinski definition) is 2. The number of rotatable bonds is 4. The molecule has 1 amide bonds. The molecule has 1 unspecified atom stereocenters. The van der Waals surface area contributed by atoms with Crippen molar-refractivity contribution >= 4 is 11.6 Å². The van der Waals surface area contributed by atoms with Crippen molar-refractivity contribution in [2.24, 2.45) is 5.92 Å². The summed E-state index contributed by atoms with van der Waals surface area (Å²) < 4.78 is 0. The SMILES string of the molecule is Cc1cccc(C(=O)NCC2CCN(C(C)C)C2)c1N. The van der Waals surface area contributed by atoms with Crippen molar-refractivity contribution in [2.45, 2.75) is 33.2 Å². The highest BCUT2D eigenvalue weighted by molar-refractivity contribution is 5.99. The summed E-state index contributed by atoms with van der Waals surface area (Å²) in [6.45, 7) is 9.29. The van der Waals surface area contributed by atoms with Gasteiger partial charge in [-0.3, -0.25) is 4.79 Å². The smallest absolute Gasteiger partial charge is 0.253 e. The first-order chi connectivity index (χ1) is 9.49. The highest BCUT2D eigenvalue weighted by atomic mass is 16.1. The van der Waals surface area contributed by atoms with Gasteiger partial charge in [-0.15, -0.1) is 0 Å². The van der Waals surface area contributed by atoms with E-state index in [0.717, 1.165) is 31.6 Å². The summed E-state index contributed by atoms with van der Waals surface area (Å²) in [4.78, 5) is 14.6. The first-order valence-electron chi connectivity index (χ1n) is 7.36. The van der Waals surface area contributed by atoms with Crippen molar-refractivity contribution in [1.82, 2.24) is 10.2 Å². The molecule has 1 aliphatic rings. The van der Waals surface area contributed by atoms with Crippen molar-refractivity contribution in [2.75, 3.05) is 25.4 Å². The van der Waals surface area contributed by atoms with Crippen LogP contribution in [0, 0.1) is 12.8 Å². The monoisotopic (exact) mass is 275 g/mol. The molecule has 0 spiro atoms. The lowest BCUT2D eigenvalue weighted by Gasteiger charge is -2.20. The predicted molar refractivity (Wildman–Crippen MR) is 82.7 cm³/mol. The number of aryl methyl sites for hydroxylation is 1. The number of carbonyl (C=O) groups excluding carboxylic acids is 1. The summed E-state index contributed by atoms with van der Waals surface area (Å²) in [5.41, 5.74) is 8.08. The van der Waals surface area contributed by atoms with Crippen molar-refractivity contribution in [3.05, 3.63) is 29.3 Å². The number of nitrogens with one attached hydrogen (secondary N) is 1. The molecular formula is C16H25N3O. The molecule has 0 bridgehead atoms. The van der Waals surface area contributed by atoms with Gasteiger partial charge in [0.25, 0.3) is 5.91 Å². The van der Waals surface area contributed by atoms with Gasteiger partial charge in [-0.2, -0.15) is 0 Å². The van der Waals surface area contributed by atoms with E-state index in [1.807, 2.05) is 19.1 Å². The summed E-state index contributed by atoms with van der Waals surface area (Å²) in [7, 11) is 0. The molecule has 4 heteroatoms. The number of nitrogens with two attached hydrogens (primary N) is 1. The highest BCUT2D eigenvalue weighted by Crippen LogP contribution is 2.19. The normalized spacial score (nSPS) is 19.5. The predicted octanol–water partition coefficient (Wildman–Crippen LogP) is 2.04. The number of para-hydroxylation sites is 1. The Morgan fingerprint density at radius 3 is 2.90 bits per heavy atom. The van der Waals surface area contributed by atoms with Gasteiger partial charge in [0.2, 0.25) is 0 Å². The lowest BCUT2D eigenvalue weighted by molar-refractivity contribution is 0.0948. The van der Waals surface area contributed by atoms with Gasteiger partial charge >= 0.3 is 0 Å². The molecule has 1 aliphatic heterocycles. The fraction of sp³-hybridized carbons (Fsp3) is 0.562. The van der Waals surface area contributed by atoms with Crippen LogP contribution in [0.5, 0.6) is 0 Å². The molecular weight excluding hydrogens is 250 g/mol. The molecule has 20 heavy (non-hydrogen) atoms. The van der Waals surface area contributed by atoms with Gasteiger partial charge in [-0.05, 0) is 51.3 Å². The number of likely N-dealkylation sites (tertiary alicyclic amines) is 1. The molecule has 1 saturated heterocycles. The van der Waals surface area contributed by atoms with Crippen molar-refractivity contribution in [3.63, 3.8) is 0 Å². The van der Waals surface area contributed by atoms with E-state index in [1.54, 1.807) is 6.07 Å². The zero-order valence-corrected chi connectivity index (χ0v) is 12.6. The number of anilines is 1. The maximum atomic E-state index is 12.2. The van der Waals surface area contributed by atoms with E-state index in [2.05, 4.69) is 24.1 Å². The largest absolute Gasteiger partial charge is 0.398 e. The fourth-order valence-electron chi connectivity index (χ4n) is 2.71. The Kier molecular flexibility index (Phi) is 4.65. The minimum Gasteiger partial charge on any atom is -0.398 e. The summed E-state index contributed by atoms with van der Waals surface area (Å²) in [6.07, 6.45) is 1.15. The zero-order chi connectivity index (χ0) is 14.7. The van der Waals surface area contributed by atoms with Crippen molar-refractivity contribution in [1.29, 1.82) is 0 Å². The van der Waals surface area contributed by atoms with Gasteiger partial charge in [0.05, 0.1) is 5.56 Å². The molecule has 1 fully saturated rings. The number of carbonyl (C=O) groups is 1. The van der Waals surface area contributed by atoms with Gasteiger partial charge in [0.15, 0.2) is 0 Å². The number of nitrogens with zero attached hydrogens (tertiary/aromatic N) is 1. The summed E-state index contributed by atoms with van der Waals surface area (Å²) in [5.74, 6) is 0.488. The van der Waals surface area contributed by atoms with Crippen molar-refractivity contribution in [3.8, 4) is 0 Å². The maximum Gasteiger partial charge on any atom is 0.253 e. The van der Waals surface area contributed by atoms with E-state index >= 15 is 0 Å². The molecule has 110 valence electrons. The fourth-order valence-corrected chi connectivity index (χ4v) is 2.71. The van der Waals surface area contributed by atoms with Crippen molar-refractivity contribution < 1.29 is 4.79 Å². The average molecular weight is 275 g/mol. The molecule has 3 N–H and O–H groups in total. The Bertz CT molecular complexity index is 485. The number of nitrogen functional groups attached to an aromatic ring is 1. The van der Waals surface area contributed by atoms with E-state index in [1.165, 1.54) is 0 Å². The van der Waals surface area contributed by atoms with Gasteiger partial charge in [0.1, 0.15) is 0 Å². The highest BCUT2D eigenvalue weighted by Gasteiger charge is 2.24. The summed E-state index contributed by atoms with van der Waals surface area (Å²) in [5, 5.41) is 3.02. The Balaban J connectivity index is 1.89.